The fraction of sp³-hybridized carbons (Fsp3) is 0.200. The summed E-state index contributed by atoms with van der Waals surface area (Å²) in [6, 6.07) is 3.66. The fourth-order valence-corrected chi connectivity index (χ4v) is 1.12. The molecule has 0 aliphatic rings. The highest BCUT2D eigenvalue weighted by Crippen LogP contribution is 2.17. The largest absolute Gasteiger partial charge is 0.326 e. The molecule has 1 N–H and O–H groups in total. The molecular weight excluding hydrogens is 185 g/mol. The van der Waals surface area contributed by atoms with Crippen LogP contribution in [0.1, 0.15) is 24.2 Å². The minimum atomic E-state index is -0.487. The van der Waals surface area contributed by atoms with Crippen molar-refractivity contribution in [1.82, 2.24) is 0 Å². The van der Waals surface area contributed by atoms with Crippen LogP contribution in [0, 0.1) is 5.82 Å². The van der Waals surface area contributed by atoms with Crippen molar-refractivity contribution >= 4 is 17.4 Å². The van der Waals surface area contributed by atoms with E-state index < -0.39 is 5.82 Å². The van der Waals surface area contributed by atoms with E-state index in [2.05, 4.69) is 5.32 Å². The van der Waals surface area contributed by atoms with E-state index in [-0.39, 0.29) is 17.4 Å². The van der Waals surface area contributed by atoms with Crippen LogP contribution >= 0.6 is 0 Å². The summed E-state index contributed by atoms with van der Waals surface area (Å²) in [5.74, 6) is -1.04. The summed E-state index contributed by atoms with van der Waals surface area (Å²) in [6.45, 7) is 2.66. The Morgan fingerprint density at radius 2 is 1.93 bits per heavy atom. The second-order valence-electron chi connectivity index (χ2n) is 2.93. The molecule has 0 heterocycles. The average Bonchev–Trinajstić information content (AvgIpc) is 2.01. The Kier molecular flexibility index (Phi) is 2.96. The lowest BCUT2D eigenvalue weighted by atomic mass is 10.1. The Labute approximate surface area is 80.9 Å². The van der Waals surface area contributed by atoms with Crippen molar-refractivity contribution in [3.8, 4) is 0 Å². The number of carbonyl (C=O) groups is 2. The molecule has 0 bridgehead atoms. The first kappa shape index (κ1) is 10.4. The predicted molar refractivity (Wildman–Crippen MR) is 50.7 cm³/mol. The van der Waals surface area contributed by atoms with Crippen LogP contribution in [-0.2, 0) is 4.79 Å². The van der Waals surface area contributed by atoms with E-state index in [1.807, 2.05) is 0 Å². The maximum atomic E-state index is 12.8. The summed E-state index contributed by atoms with van der Waals surface area (Å²) in [5, 5.41) is 2.40. The molecule has 0 saturated carbocycles. The Hall–Kier alpha value is -1.71. The van der Waals surface area contributed by atoms with E-state index in [4.69, 9.17) is 0 Å². The van der Waals surface area contributed by atoms with Crippen molar-refractivity contribution in [2.45, 2.75) is 13.8 Å². The number of hydrogen-bond acceptors (Lipinski definition) is 2. The van der Waals surface area contributed by atoms with Crippen molar-refractivity contribution in [3.05, 3.63) is 29.6 Å². The van der Waals surface area contributed by atoms with Crippen molar-refractivity contribution in [1.29, 1.82) is 0 Å². The maximum absolute atomic E-state index is 12.8. The van der Waals surface area contributed by atoms with Crippen LogP contribution < -0.4 is 5.32 Å². The molecule has 0 radical (unpaired) electrons. The van der Waals surface area contributed by atoms with Gasteiger partial charge < -0.3 is 5.32 Å². The van der Waals surface area contributed by atoms with E-state index in [1.54, 1.807) is 0 Å². The van der Waals surface area contributed by atoms with E-state index in [0.29, 0.717) is 5.56 Å². The molecule has 0 aliphatic heterocycles. The second kappa shape index (κ2) is 4.00. The summed E-state index contributed by atoms with van der Waals surface area (Å²) in [4.78, 5) is 21.8. The van der Waals surface area contributed by atoms with Crippen LogP contribution in [-0.4, -0.2) is 11.7 Å². The SMILES string of the molecule is CC(=O)Nc1cc(F)ccc1C(C)=O. The van der Waals surface area contributed by atoms with Crippen LogP contribution in [0.5, 0.6) is 0 Å². The van der Waals surface area contributed by atoms with Gasteiger partial charge in [0.15, 0.2) is 5.78 Å². The van der Waals surface area contributed by atoms with E-state index in [9.17, 15) is 14.0 Å². The lowest BCUT2D eigenvalue weighted by molar-refractivity contribution is -0.114. The van der Waals surface area contributed by atoms with E-state index >= 15 is 0 Å². The fourth-order valence-electron chi connectivity index (χ4n) is 1.12. The first-order valence-corrected chi connectivity index (χ1v) is 4.09. The standard InChI is InChI=1S/C10H10FNO2/c1-6(13)9-4-3-8(11)5-10(9)12-7(2)14/h3-5H,1-2H3,(H,12,14). The molecule has 1 amide bonds. The summed E-state index contributed by atoms with van der Waals surface area (Å²) in [5.41, 5.74) is 0.520. The molecule has 0 aromatic heterocycles. The quantitative estimate of drug-likeness (QED) is 0.733. The zero-order valence-corrected chi connectivity index (χ0v) is 7.93. The number of benzene rings is 1. The molecule has 1 aromatic carbocycles. The van der Waals surface area contributed by atoms with Crippen LogP contribution in [0.2, 0.25) is 0 Å². The normalized spacial score (nSPS) is 9.64. The molecular formula is C10H10FNO2. The molecule has 1 aromatic rings. The molecule has 0 unspecified atom stereocenters. The summed E-state index contributed by atoms with van der Waals surface area (Å²) in [7, 11) is 0. The van der Waals surface area contributed by atoms with Gasteiger partial charge in [-0.05, 0) is 25.1 Å². The van der Waals surface area contributed by atoms with Crippen molar-refractivity contribution in [2.75, 3.05) is 5.32 Å². The minimum Gasteiger partial charge on any atom is -0.326 e. The molecule has 0 aliphatic carbocycles. The zero-order chi connectivity index (χ0) is 10.7. The smallest absolute Gasteiger partial charge is 0.221 e. The van der Waals surface area contributed by atoms with Gasteiger partial charge >= 0.3 is 0 Å². The monoisotopic (exact) mass is 195 g/mol. The molecule has 0 saturated heterocycles. The Morgan fingerprint density at radius 1 is 1.29 bits per heavy atom. The zero-order valence-electron chi connectivity index (χ0n) is 7.93. The van der Waals surface area contributed by atoms with Gasteiger partial charge in [0.1, 0.15) is 5.82 Å². The molecule has 14 heavy (non-hydrogen) atoms. The van der Waals surface area contributed by atoms with Crippen molar-refractivity contribution < 1.29 is 14.0 Å². The van der Waals surface area contributed by atoms with Crippen molar-refractivity contribution in [2.24, 2.45) is 0 Å². The number of nitrogens with one attached hydrogen (secondary N) is 1. The minimum absolute atomic E-state index is 0.213. The number of hydrogen-bond donors (Lipinski definition) is 1. The lowest BCUT2D eigenvalue weighted by Gasteiger charge is -2.06. The Bertz CT molecular complexity index is 388. The summed E-state index contributed by atoms with van der Waals surface area (Å²) in [6.07, 6.45) is 0. The third-order valence-electron chi connectivity index (χ3n) is 1.67. The van der Waals surface area contributed by atoms with Crippen molar-refractivity contribution in [3.63, 3.8) is 0 Å². The number of Topliss-reactive ketones (excluding diaryl/α,β-unsaturated/α-hetero) is 1. The maximum Gasteiger partial charge on any atom is 0.221 e. The molecule has 1 rings (SSSR count). The van der Waals surface area contributed by atoms with Gasteiger partial charge in [-0.3, -0.25) is 9.59 Å². The van der Waals surface area contributed by atoms with Crippen LogP contribution in [0.3, 0.4) is 0 Å². The van der Waals surface area contributed by atoms with Gasteiger partial charge in [-0.25, -0.2) is 4.39 Å². The molecule has 0 atom stereocenters. The van der Waals surface area contributed by atoms with Crippen LogP contribution in [0.4, 0.5) is 10.1 Å². The first-order chi connectivity index (χ1) is 6.50. The van der Waals surface area contributed by atoms with Crippen LogP contribution in [0.15, 0.2) is 18.2 Å². The van der Waals surface area contributed by atoms with Gasteiger partial charge in [-0.1, -0.05) is 0 Å². The van der Waals surface area contributed by atoms with E-state index in [1.165, 1.54) is 26.0 Å². The first-order valence-electron chi connectivity index (χ1n) is 4.09. The summed E-state index contributed by atoms with van der Waals surface area (Å²) < 4.78 is 12.8. The third kappa shape index (κ3) is 2.39. The van der Waals surface area contributed by atoms with Gasteiger partial charge in [0.05, 0.1) is 5.69 Å². The number of carbonyl (C=O) groups excluding carboxylic acids is 2. The third-order valence-corrected chi connectivity index (χ3v) is 1.67. The average molecular weight is 195 g/mol. The molecule has 3 nitrogen and oxygen atoms in total. The highest BCUT2D eigenvalue weighted by molar-refractivity contribution is 6.03. The molecule has 0 spiro atoms. The molecule has 74 valence electrons. The number of anilines is 1. The lowest BCUT2D eigenvalue weighted by Crippen LogP contribution is -2.10. The topological polar surface area (TPSA) is 46.2 Å². The number of amides is 1. The van der Waals surface area contributed by atoms with Gasteiger partial charge in [0.25, 0.3) is 0 Å². The highest BCUT2D eigenvalue weighted by atomic mass is 19.1. The second-order valence-corrected chi connectivity index (χ2v) is 2.93. The van der Waals surface area contributed by atoms with Gasteiger partial charge in [0.2, 0.25) is 5.91 Å². The number of halogens is 1. The number of ketones is 1. The van der Waals surface area contributed by atoms with Crippen LogP contribution in [0.25, 0.3) is 0 Å². The predicted octanol–water partition coefficient (Wildman–Crippen LogP) is 1.99. The Morgan fingerprint density at radius 3 is 2.43 bits per heavy atom. The summed E-state index contributed by atoms with van der Waals surface area (Å²) >= 11 is 0. The molecule has 0 fully saturated rings. The van der Waals surface area contributed by atoms with Gasteiger partial charge in [-0.2, -0.15) is 0 Å². The number of rotatable bonds is 2. The van der Waals surface area contributed by atoms with Gasteiger partial charge in [0, 0.05) is 12.5 Å². The highest BCUT2D eigenvalue weighted by Gasteiger charge is 2.08. The molecule has 4 heteroatoms. The van der Waals surface area contributed by atoms with E-state index in [0.717, 1.165) is 6.07 Å². The van der Waals surface area contributed by atoms with Gasteiger partial charge in [-0.15, -0.1) is 0 Å². The Balaban J connectivity index is 3.15.